The number of aliphatic carboxylic acids is 1. The second-order valence-electron chi connectivity index (χ2n) is 4.85. The van der Waals surface area contributed by atoms with Gasteiger partial charge in [-0.3, -0.25) is 4.79 Å². The van der Waals surface area contributed by atoms with Gasteiger partial charge >= 0.3 is 5.97 Å². The lowest BCUT2D eigenvalue weighted by atomic mass is 10.1. The van der Waals surface area contributed by atoms with Crippen molar-refractivity contribution in [2.75, 3.05) is 0 Å². The topological polar surface area (TPSA) is 66.4 Å². The molecule has 0 saturated heterocycles. The van der Waals surface area contributed by atoms with E-state index in [1.165, 1.54) is 12.1 Å². The van der Waals surface area contributed by atoms with Crippen LogP contribution in [0.25, 0.3) is 0 Å². The van der Waals surface area contributed by atoms with Crippen LogP contribution in [-0.4, -0.2) is 23.0 Å². The third-order valence-electron chi connectivity index (χ3n) is 3.23. The molecule has 0 radical (unpaired) electrons. The van der Waals surface area contributed by atoms with Gasteiger partial charge in [0.2, 0.25) is 5.91 Å². The Balaban J connectivity index is 1.80. The molecule has 1 saturated carbocycles. The highest BCUT2D eigenvalue weighted by atomic mass is 19.1. The van der Waals surface area contributed by atoms with Gasteiger partial charge in [0.15, 0.2) is 0 Å². The lowest BCUT2D eigenvalue weighted by Gasteiger charge is -2.13. The van der Waals surface area contributed by atoms with E-state index in [-0.39, 0.29) is 24.1 Å². The fourth-order valence-electron chi connectivity index (χ4n) is 1.97. The van der Waals surface area contributed by atoms with Gasteiger partial charge in [0, 0.05) is 6.42 Å². The van der Waals surface area contributed by atoms with Crippen molar-refractivity contribution < 1.29 is 19.1 Å². The number of aryl methyl sites for hydroxylation is 1. The Morgan fingerprint density at radius 3 is 2.47 bits per heavy atom. The maximum absolute atomic E-state index is 12.7. The molecule has 1 aliphatic carbocycles. The van der Waals surface area contributed by atoms with Crippen molar-refractivity contribution in [1.82, 2.24) is 5.32 Å². The van der Waals surface area contributed by atoms with E-state index in [2.05, 4.69) is 5.32 Å². The van der Waals surface area contributed by atoms with Crippen molar-refractivity contribution >= 4 is 11.9 Å². The Kier molecular flexibility index (Phi) is 4.14. The molecule has 1 unspecified atom stereocenters. The first kappa shape index (κ1) is 13.5. The second kappa shape index (κ2) is 5.82. The molecule has 1 fully saturated rings. The lowest BCUT2D eigenvalue weighted by molar-refractivity contribution is -0.142. The minimum Gasteiger partial charge on any atom is -0.480 e. The third kappa shape index (κ3) is 4.05. The number of amides is 1. The molecule has 2 N–H and O–H groups in total. The Morgan fingerprint density at radius 2 is 1.95 bits per heavy atom. The first-order chi connectivity index (χ1) is 9.06. The molecule has 1 amide bonds. The minimum atomic E-state index is -0.974. The Labute approximate surface area is 110 Å². The van der Waals surface area contributed by atoms with Gasteiger partial charge in [-0.05, 0) is 42.9 Å². The number of hydrogen-bond donors (Lipinski definition) is 2. The van der Waals surface area contributed by atoms with Crippen molar-refractivity contribution in [3.8, 4) is 0 Å². The van der Waals surface area contributed by atoms with Crippen LogP contribution in [0.4, 0.5) is 4.39 Å². The predicted octanol–water partition coefficient (Wildman–Crippen LogP) is 1.74. The summed E-state index contributed by atoms with van der Waals surface area (Å²) >= 11 is 0. The van der Waals surface area contributed by atoms with Crippen molar-refractivity contribution in [3.63, 3.8) is 0 Å². The molecular weight excluding hydrogens is 249 g/mol. The molecule has 2 rings (SSSR count). The normalized spacial score (nSPS) is 15.8. The lowest BCUT2D eigenvalue weighted by Crippen LogP contribution is -2.42. The zero-order valence-electron chi connectivity index (χ0n) is 10.4. The van der Waals surface area contributed by atoms with E-state index >= 15 is 0 Å². The minimum absolute atomic E-state index is 0.0762. The summed E-state index contributed by atoms with van der Waals surface area (Å²) in [6, 6.07) is 5.17. The van der Waals surface area contributed by atoms with E-state index in [1.807, 2.05) is 0 Å². The first-order valence-corrected chi connectivity index (χ1v) is 6.33. The Morgan fingerprint density at radius 1 is 1.32 bits per heavy atom. The zero-order chi connectivity index (χ0) is 13.8. The number of benzene rings is 1. The largest absolute Gasteiger partial charge is 0.480 e. The molecule has 1 aromatic carbocycles. The maximum Gasteiger partial charge on any atom is 0.326 e. The van der Waals surface area contributed by atoms with Gasteiger partial charge in [0.1, 0.15) is 11.9 Å². The molecule has 0 aromatic heterocycles. The van der Waals surface area contributed by atoms with Gasteiger partial charge in [-0.1, -0.05) is 12.1 Å². The molecule has 0 heterocycles. The van der Waals surface area contributed by atoms with E-state index in [1.54, 1.807) is 12.1 Å². The number of carboxylic acid groups (broad SMARTS) is 1. The number of carboxylic acids is 1. The van der Waals surface area contributed by atoms with Gasteiger partial charge < -0.3 is 10.4 Å². The summed E-state index contributed by atoms with van der Waals surface area (Å²) in [5.74, 6) is -1.48. The number of hydrogen-bond acceptors (Lipinski definition) is 2. The first-order valence-electron chi connectivity index (χ1n) is 6.33. The van der Waals surface area contributed by atoms with Crippen LogP contribution in [0, 0.1) is 11.7 Å². The van der Waals surface area contributed by atoms with Gasteiger partial charge in [0.25, 0.3) is 0 Å². The highest BCUT2D eigenvalue weighted by molar-refractivity contribution is 5.84. The zero-order valence-corrected chi connectivity index (χ0v) is 10.4. The van der Waals surface area contributed by atoms with Crippen LogP contribution < -0.4 is 5.32 Å². The van der Waals surface area contributed by atoms with Crippen LogP contribution in [0.1, 0.15) is 24.8 Å². The van der Waals surface area contributed by atoms with Crippen LogP contribution in [0.5, 0.6) is 0 Å². The van der Waals surface area contributed by atoms with Crippen LogP contribution >= 0.6 is 0 Å². The van der Waals surface area contributed by atoms with E-state index in [0.717, 1.165) is 18.4 Å². The molecule has 0 bridgehead atoms. The molecule has 0 aliphatic heterocycles. The van der Waals surface area contributed by atoms with Gasteiger partial charge in [-0.2, -0.15) is 0 Å². The fraction of sp³-hybridized carbons (Fsp3) is 0.429. The van der Waals surface area contributed by atoms with Crippen LogP contribution in [0.2, 0.25) is 0 Å². The van der Waals surface area contributed by atoms with Gasteiger partial charge in [-0.15, -0.1) is 0 Å². The molecule has 4 nitrogen and oxygen atoms in total. The predicted molar refractivity (Wildman–Crippen MR) is 67.0 cm³/mol. The van der Waals surface area contributed by atoms with Crippen molar-refractivity contribution in [2.45, 2.75) is 31.7 Å². The monoisotopic (exact) mass is 265 g/mol. The van der Waals surface area contributed by atoms with Crippen molar-refractivity contribution in [3.05, 3.63) is 35.6 Å². The van der Waals surface area contributed by atoms with Crippen molar-refractivity contribution in [2.24, 2.45) is 5.92 Å². The second-order valence-corrected chi connectivity index (χ2v) is 4.85. The summed E-state index contributed by atoms with van der Waals surface area (Å²) in [5, 5.41) is 11.5. The fourth-order valence-corrected chi connectivity index (χ4v) is 1.97. The Hall–Kier alpha value is -1.91. The molecule has 19 heavy (non-hydrogen) atoms. The summed E-state index contributed by atoms with van der Waals surface area (Å²) in [6.45, 7) is 0. The van der Waals surface area contributed by atoms with Crippen molar-refractivity contribution in [1.29, 1.82) is 0 Å². The molecule has 102 valence electrons. The smallest absolute Gasteiger partial charge is 0.326 e. The average molecular weight is 265 g/mol. The van der Waals surface area contributed by atoms with E-state index < -0.39 is 12.0 Å². The van der Waals surface area contributed by atoms with Crippen LogP contribution in [0.15, 0.2) is 24.3 Å². The summed E-state index contributed by atoms with van der Waals surface area (Å²) in [6.07, 6.45) is 2.40. The van der Waals surface area contributed by atoms with Gasteiger partial charge in [-0.25, -0.2) is 9.18 Å². The SMILES string of the molecule is O=C(CCc1ccc(F)cc1)NC(C(=O)O)C1CC1. The number of carbonyl (C=O) groups excluding carboxylic acids is 1. The van der Waals surface area contributed by atoms with E-state index in [4.69, 9.17) is 5.11 Å². The quantitative estimate of drug-likeness (QED) is 0.823. The standard InChI is InChI=1S/C14H16FNO3/c15-11-6-1-9(2-7-11)3-8-12(17)16-13(14(18)19)10-4-5-10/h1-2,6-7,10,13H,3-5,8H2,(H,16,17)(H,18,19). The number of nitrogens with one attached hydrogen (secondary N) is 1. The van der Waals surface area contributed by atoms with E-state index in [0.29, 0.717) is 6.42 Å². The highest BCUT2D eigenvalue weighted by Gasteiger charge is 2.37. The van der Waals surface area contributed by atoms with E-state index in [9.17, 15) is 14.0 Å². The highest BCUT2D eigenvalue weighted by Crippen LogP contribution is 2.32. The molecule has 1 aliphatic rings. The van der Waals surface area contributed by atoms with Crippen LogP contribution in [0.3, 0.4) is 0 Å². The summed E-state index contributed by atoms with van der Waals surface area (Å²) < 4.78 is 12.7. The summed E-state index contributed by atoms with van der Waals surface area (Å²) in [5.41, 5.74) is 0.856. The summed E-state index contributed by atoms with van der Waals surface area (Å²) in [7, 11) is 0. The molecule has 5 heteroatoms. The average Bonchev–Trinajstić information content (AvgIpc) is 3.19. The number of rotatable bonds is 6. The molecular formula is C14H16FNO3. The Bertz CT molecular complexity index is 468. The molecule has 0 spiro atoms. The molecule has 1 atom stereocenters. The third-order valence-corrected chi connectivity index (χ3v) is 3.23. The maximum atomic E-state index is 12.7. The van der Waals surface area contributed by atoms with Gasteiger partial charge in [0.05, 0.1) is 0 Å². The number of carbonyl (C=O) groups is 2. The summed E-state index contributed by atoms with van der Waals surface area (Å²) in [4.78, 5) is 22.7. The van der Waals surface area contributed by atoms with Crippen LogP contribution in [-0.2, 0) is 16.0 Å². The molecule has 1 aromatic rings. The number of halogens is 1.